The van der Waals surface area contributed by atoms with Gasteiger partial charge in [-0.3, -0.25) is 10.1 Å². The van der Waals surface area contributed by atoms with Gasteiger partial charge < -0.3 is 0 Å². The minimum atomic E-state index is -0.0594. The van der Waals surface area contributed by atoms with E-state index in [1.165, 1.54) is 11.3 Å². The summed E-state index contributed by atoms with van der Waals surface area (Å²) < 4.78 is 0. The van der Waals surface area contributed by atoms with E-state index in [4.69, 9.17) is 11.6 Å². The monoisotopic (exact) mass is 327 g/mol. The van der Waals surface area contributed by atoms with Crippen LogP contribution in [-0.4, -0.2) is 21.9 Å². The predicted octanol–water partition coefficient (Wildman–Crippen LogP) is 3.63. The number of carbonyl (C=O) groups is 1. The Morgan fingerprint density at radius 3 is 3.00 bits per heavy atom. The zero-order valence-corrected chi connectivity index (χ0v) is 13.3. The van der Waals surface area contributed by atoms with E-state index in [1.807, 2.05) is 31.2 Å². The normalized spacial score (nSPS) is 10.5. The standard InChI is InChI=1S/C13H14ClN3OS2/c1-2-12-16-17-13(20-12)15-11(18)8-19-7-9-4-3-5-10(14)6-9/h3-6H,2,7-8H2,1H3,(H,15,17,18). The number of hydrogen-bond acceptors (Lipinski definition) is 5. The lowest BCUT2D eigenvalue weighted by molar-refractivity contribution is -0.113. The van der Waals surface area contributed by atoms with E-state index in [0.717, 1.165) is 22.7 Å². The highest BCUT2D eigenvalue weighted by Crippen LogP contribution is 2.18. The van der Waals surface area contributed by atoms with E-state index in [0.29, 0.717) is 15.9 Å². The first-order valence-corrected chi connectivity index (χ1v) is 8.46. The molecular weight excluding hydrogens is 314 g/mol. The number of anilines is 1. The molecule has 1 N–H and O–H groups in total. The van der Waals surface area contributed by atoms with Gasteiger partial charge in [-0.1, -0.05) is 42.0 Å². The summed E-state index contributed by atoms with van der Waals surface area (Å²) in [6, 6.07) is 7.65. The maximum atomic E-state index is 11.7. The average Bonchev–Trinajstić information content (AvgIpc) is 2.86. The van der Waals surface area contributed by atoms with Gasteiger partial charge in [-0.25, -0.2) is 0 Å². The van der Waals surface area contributed by atoms with Crippen LogP contribution in [0, 0.1) is 0 Å². The molecule has 0 saturated heterocycles. The van der Waals surface area contributed by atoms with E-state index in [2.05, 4.69) is 15.5 Å². The molecule has 1 aromatic heterocycles. The zero-order chi connectivity index (χ0) is 14.4. The SMILES string of the molecule is CCc1nnc(NC(=O)CSCc2cccc(Cl)c2)s1. The van der Waals surface area contributed by atoms with Crippen molar-refractivity contribution in [1.29, 1.82) is 0 Å². The zero-order valence-electron chi connectivity index (χ0n) is 10.9. The van der Waals surface area contributed by atoms with Gasteiger partial charge in [0.2, 0.25) is 11.0 Å². The van der Waals surface area contributed by atoms with Crippen LogP contribution in [0.15, 0.2) is 24.3 Å². The Kier molecular flexibility index (Phi) is 5.82. The molecule has 0 aliphatic rings. The molecule has 0 spiro atoms. The van der Waals surface area contributed by atoms with Crippen molar-refractivity contribution in [3.63, 3.8) is 0 Å². The van der Waals surface area contributed by atoms with E-state index in [1.54, 1.807) is 11.8 Å². The highest BCUT2D eigenvalue weighted by Gasteiger charge is 2.07. The fraction of sp³-hybridized carbons (Fsp3) is 0.308. The molecule has 0 unspecified atom stereocenters. The number of thioether (sulfide) groups is 1. The van der Waals surface area contributed by atoms with E-state index >= 15 is 0 Å². The summed E-state index contributed by atoms with van der Waals surface area (Å²) in [5.74, 6) is 1.08. The Balaban J connectivity index is 1.75. The highest BCUT2D eigenvalue weighted by atomic mass is 35.5. The quantitative estimate of drug-likeness (QED) is 0.880. The second kappa shape index (κ2) is 7.61. The van der Waals surface area contributed by atoms with Crippen LogP contribution in [0.2, 0.25) is 5.02 Å². The number of hydrogen-bond donors (Lipinski definition) is 1. The number of halogens is 1. The van der Waals surface area contributed by atoms with Crippen molar-refractivity contribution in [3.05, 3.63) is 39.9 Å². The third kappa shape index (κ3) is 4.77. The second-order valence-corrected chi connectivity index (χ2v) is 6.51. The number of nitrogens with zero attached hydrogens (tertiary/aromatic N) is 2. The van der Waals surface area contributed by atoms with Crippen molar-refractivity contribution in [3.8, 4) is 0 Å². The Labute approximate surface area is 130 Å². The number of amides is 1. The highest BCUT2D eigenvalue weighted by molar-refractivity contribution is 7.99. The smallest absolute Gasteiger partial charge is 0.236 e. The summed E-state index contributed by atoms with van der Waals surface area (Å²) in [5, 5.41) is 12.8. The lowest BCUT2D eigenvalue weighted by Gasteiger charge is -2.02. The molecule has 0 aliphatic carbocycles. The number of aromatic nitrogens is 2. The Morgan fingerprint density at radius 1 is 1.45 bits per heavy atom. The Morgan fingerprint density at radius 2 is 2.30 bits per heavy atom. The summed E-state index contributed by atoms with van der Waals surface area (Å²) in [4.78, 5) is 11.7. The largest absolute Gasteiger partial charge is 0.300 e. The number of carbonyl (C=O) groups excluding carboxylic acids is 1. The van der Waals surface area contributed by atoms with Gasteiger partial charge in [0.1, 0.15) is 5.01 Å². The summed E-state index contributed by atoms with van der Waals surface area (Å²) in [6.07, 6.45) is 0.830. The number of rotatable bonds is 6. The van der Waals surface area contributed by atoms with Crippen LogP contribution in [0.5, 0.6) is 0 Å². The van der Waals surface area contributed by atoms with Crippen LogP contribution < -0.4 is 5.32 Å². The molecule has 4 nitrogen and oxygen atoms in total. The molecule has 0 bridgehead atoms. The molecule has 0 atom stereocenters. The van der Waals surface area contributed by atoms with Crippen molar-refractivity contribution < 1.29 is 4.79 Å². The lowest BCUT2D eigenvalue weighted by Crippen LogP contribution is -2.13. The van der Waals surface area contributed by atoms with Crippen molar-refractivity contribution in [1.82, 2.24) is 10.2 Å². The summed E-state index contributed by atoms with van der Waals surface area (Å²) in [6.45, 7) is 2.01. The van der Waals surface area contributed by atoms with Crippen molar-refractivity contribution in [2.45, 2.75) is 19.1 Å². The van der Waals surface area contributed by atoms with Crippen LogP contribution >= 0.6 is 34.7 Å². The topological polar surface area (TPSA) is 54.9 Å². The van der Waals surface area contributed by atoms with Gasteiger partial charge in [0.15, 0.2) is 0 Å². The predicted molar refractivity (Wildman–Crippen MR) is 85.5 cm³/mol. The third-order valence-electron chi connectivity index (χ3n) is 2.41. The van der Waals surface area contributed by atoms with Gasteiger partial charge >= 0.3 is 0 Å². The van der Waals surface area contributed by atoms with Gasteiger partial charge in [-0.15, -0.1) is 22.0 Å². The first-order valence-electron chi connectivity index (χ1n) is 6.12. The van der Waals surface area contributed by atoms with Crippen molar-refractivity contribution >= 4 is 45.7 Å². The molecule has 106 valence electrons. The van der Waals surface area contributed by atoms with Gasteiger partial charge in [0.05, 0.1) is 5.75 Å². The molecule has 1 aromatic carbocycles. The minimum absolute atomic E-state index is 0.0594. The van der Waals surface area contributed by atoms with Gasteiger partial charge in [0.25, 0.3) is 0 Å². The molecule has 2 aromatic rings. The summed E-state index contributed by atoms with van der Waals surface area (Å²) in [5.41, 5.74) is 1.11. The van der Waals surface area contributed by atoms with Crippen LogP contribution in [0.1, 0.15) is 17.5 Å². The molecule has 20 heavy (non-hydrogen) atoms. The molecule has 1 heterocycles. The van der Waals surface area contributed by atoms with E-state index in [-0.39, 0.29) is 5.91 Å². The van der Waals surface area contributed by atoms with E-state index in [9.17, 15) is 4.79 Å². The number of aryl methyl sites for hydroxylation is 1. The Bertz CT molecular complexity index is 589. The fourth-order valence-electron chi connectivity index (χ4n) is 1.49. The van der Waals surface area contributed by atoms with E-state index < -0.39 is 0 Å². The maximum absolute atomic E-state index is 11.7. The molecule has 0 saturated carbocycles. The first-order chi connectivity index (χ1) is 9.67. The van der Waals surface area contributed by atoms with Gasteiger partial charge in [-0.05, 0) is 24.1 Å². The number of benzene rings is 1. The Hall–Kier alpha value is -1.11. The summed E-state index contributed by atoms with van der Waals surface area (Å²) >= 11 is 8.86. The van der Waals surface area contributed by atoms with Crippen LogP contribution in [0.25, 0.3) is 0 Å². The van der Waals surface area contributed by atoms with Gasteiger partial charge in [-0.2, -0.15) is 0 Å². The molecule has 0 fully saturated rings. The molecule has 1 amide bonds. The van der Waals surface area contributed by atoms with Crippen LogP contribution in [0.4, 0.5) is 5.13 Å². The van der Waals surface area contributed by atoms with Gasteiger partial charge in [0, 0.05) is 10.8 Å². The third-order valence-corrected chi connectivity index (χ3v) is 4.63. The van der Waals surface area contributed by atoms with Crippen LogP contribution in [-0.2, 0) is 17.0 Å². The summed E-state index contributed by atoms with van der Waals surface area (Å²) in [7, 11) is 0. The van der Waals surface area contributed by atoms with Crippen LogP contribution in [0.3, 0.4) is 0 Å². The number of nitrogens with one attached hydrogen (secondary N) is 1. The lowest BCUT2D eigenvalue weighted by atomic mass is 10.2. The maximum Gasteiger partial charge on any atom is 0.236 e. The molecule has 2 rings (SSSR count). The van der Waals surface area contributed by atoms with Crippen molar-refractivity contribution in [2.24, 2.45) is 0 Å². The second-order valence-electron chi connectivity index (χ2n) is 4.03. The molecule has 0 aliphatic heterocycles. The molecule has 0 radical (unpaired) electrons. The molecule has 7 heteroatoms. The average molecular weight is 328 g/mol. The fourth-order valence-corrected chi connectivity index (χ4v) is 3.17. The first kappa shape index (κ1) is 15.3. The molecular formula is C13H14ClN3OS2. The van der Waals surface area contributed by atoms with Crippen molar-refractivity contribution in [2.75, 3.05) is 11.1 Å². The minimum Gasteiger partial charge on any atom is -0.300 e.